The van der Waals surface area contributed by atoms with Crippen LogP contribution < -0.4 is 14.8 Å². The molecule has 1 N–H and O–H groups in total. The molecule has 1 fully saturated rings. The Bertz CT molecular complexity index is 496. The molecule has 0 bridgehead atoms. The minimum atomic E-state index is -3.56. The highest BCUT2D eigenvalue weighted by Crippen LogP contribution is 2.46. The molecule has 2 heterocycles. The summed E-state index contributed by atoms with van der Waals surface area (Å²) in [4.78, 5) is 2.30. The summed E-state index contributed by atoms with van der Waals surface area (Å²) in [6, 6.07) is 5.18. The second kappa shape index (κ2) is 6.34. The monoisotopic (exact) mass is 320 g/mol. The van der Waals surface area contributed by atoms with Crippen LogP contribution in [0.5, 0.6) is 11.5 Å². The molecule has 3 rings (SSSR count). The zero-order chi connectivity index (χ0) is 14.2. The molecule has 0 saturated carbocycles. The number of alkyl halides is 2. The molecule has 1 aromatic rings. The Balaban J connectivity index is 0.00000161. The fraction of sp³-hybridized carbons (Fsp3) is 0.571. The van der Waals surface area contributed by atoms with E-state index in [1.54, 1.807) is 6.07 Å². The van der Waals surface area contributed by atoms with Gasteiger partial charge in [-0.1, -0.05) is 19.1 Å². The lowest BCUT2D eigenvalue weighted by Crippen LogP contribution is -2.45. The smallest absolute Gasteiger partial charge is 0.395 e. The maximum Gasteiger partial charge on any atom is 0.586 e. The van der Waals surface area contributed by atoms with Crippen molar-refractivity contribution >= 4 is 12.4 Å². The molecular weight excluding hydrogens is 302 g/mol. The van der Waals surface area contributed by atoms with Gasteiger partial charge in [-0.15, -0.1) is 21.2 Å². The van der Waals surface area contributed by atoms with Gasteiger partial charge in [0.05, 0.1) is 0 Å². The molecule has 118 valence electrons. The third kappa shape index (κ3) is 3.22. The predicted molar refractivity (Wildman–Crippen MR) is 77.4 cm³/mol. The molecule has 0 aliphatic carbocycles. The van der Waals surface area contributed by atoms with E-state index < -0.39 is 6.29 Å². The molecule has 0 unspecified atom stereocenters. The van der Waals surface area contributed by atoms with Crippen LogP contribution >= 0.6 is 12.4 Å². The van der Waals surface area contributed by atoms with E-state index in [0.717, 1.165) is 38.2 Å². The van der Waals surface area contributed by atoms with Crippen molar-refractivity contribution in [1.29, 1.82) is 0 Å². The Morgan fingerprint density at radius 2 is 2.00 bits per heavy atom. The van der Waals surface area contributed by atoms with Crippen LogP contribution in [0.25, 0.3) is 0 Å². The van der Waals surface area contributed by atoms with Crippen LogP contribution in [-0.2, 0) is 0 Å². The average molecular weight is 321 g/mol. The Morgan fingerprint density at radius 3 is 2.67 bits per heavy atom. The van der Waals surface area contributed by atoms with E-state index in [-0.39, 0.29) is 29.9 Å². The van der Waals surface area contributed by atoms with Crippen LogP contribution in [0.2, 0.25) is 0 Å². The van der Waals surface area contributed by atoms with Gasteiger partial charge in [-0.25, -0.2) is 0 Å². The van der Waals surface area contributed by atoms with Gasteiger partial charge >= 0.3 is 6.29 Å². The van der Waals surface area contributed by atoms with Crippen molar-refractivity contribution in [2.45, 2.75) is 25.7 Å². The zero-order valence-electron chi connectivity index (χ0n) is 11.8. The highest BCUT2D eigenvalue weighted by Gasteiger charge is 2.45. The van der Waals surface area contributed by atoms with Crippen molar-refractivity contribution in [3.05, 3.63) is 23.8 Å². The molecule has 0 spiro atoms. The van der Waals surface area contributed by atoms with E-state index in [0.29, 0.717) is 0 Å². The first-order valence-electron chi connectivity index (χ1n) is 6.94. The van der Waals surface area contributed by atoms with E-state index in [4.69, 9.17) is 4.74 Å². The number of hydrogen-bond donors (Lipinski definition) is 1. The Kier molecular flexibility index (Phi) is 4.91. The molecule has 1 atom stereocenters. The summed E-state index contributed by atoms with van der Waals surface area (Å²) in [5.74, 6) is 0.309. The number of hydrogen-bond acceptors (Lipinski definition) is 4. The number of nitrogens with zero attached hydrogens (tertiary/aromatic N) is 1. The summed E-state index contributed by atoms with van der Waals surface area (Å²) in [5.41, 5.74) is 0.782. The second-order valence-corrected chi connectivity index (χ2v) is 5.05. The number of nitrogens with one attached hydrogen (secondary N) is 1. The number of halogens is 3. The van der Waals surface area contributed by atoms with Crippen LogP contribution in [0.3, 0.4) is 0 Å². The first-order valence-corrected chi connectivity index (χ1v) is 6.94. The molecule has 0 radical (unpaired) electrons. The molecule has 4 nitrogen and oxygen atoms in total. The first kappa shape index (κ1) is 16.3. The molecule has 0 aromatic heterocycles. The topological polar surface area (TPSA) is 33.7 Å². The van der Waals surface area contributed by atoms with Crippen LogP contribution in [0.4, 0.5) is 8.78 Å². The van der Waals surface area contributed by atoms with Crippen molar-refractivity contribution in [3.63, 3.8) is 0 Å². The van der Waals surface area contributed by atoms with E-state index in [2.05, 4.69) is 21.9 Å². The molecule has 1 saturated heterocycles. The summed E-state index contributed by atoms with van der Waals surface area (Å²) < 4.78 is 35.7. The number of benzene rings is 1. The molecule has 21 heavy (non-hydrogen) atoms. The maximum atomic E-state index is 13.3. The molecule has 1 aromatic carbocycles. The lowest BCUT2D eigenvalue weighted by atomic mass is 10.0. The molecule has 7 heteroatoms. The zero-order valence-corrected chi connectivity index (χ0v) is 12.6. The fourth-order valence-electron chi connectivity index (χ4n) is 2.92. The summed E-state index contributed by atoms with van der Waals surface area (Å²) in [6.45, 7) is 5.69. The molecule has 2 aliphatic rings. The minimum Gasteiger partial charge on any atom is -0.395 e. The Labute approximate surface area is 128 Å². The number of para-hydroxylation sites is 1. The van der Waals surface area contributed by atoms with E-state index >= 15 is 0 Å². The minimum absolute atomic E-state index is 0. The van der Waals surface area contributed by atoms with Gasteiger partial charge in [0.25, 0.3) is 0 Å². The van der Waals surface area contributed by atoms with E-state index in [9.17, 15) is 8.78 Å². The van der Waals surface area contributed by atoms with Crippen molar-refractivity contribution in [3.8, 4) is 11.5 Å². The van der Waals surface area contributed by atoms with Gasteiger partial charge in [-0.2, -0.15) is 0 Å². The highest BCUT2D eigenvalue weighted by molar-refractivity contribution is 5.85. The van der Waals surface area contributed by atoms with Gasteiger partial charge in [0.15, 0.2) is 11.5 Å². The lowest BCUT2D eigenvalue weighted by molar-refractivity contribution is -0.287. The van der Waals surface area contributed by atoms with Crippen molar-refractivity contribution in [2.24, 2.45) is 0 Å². The SMILES string of the molecule is CC[C@H](c1cccc2c1OC(F)(F)O2)N1CCNCC1.Cl. The summed E-state index contributed by atoms with van der Waals surface area (Å²) in [6.07, 6.45) is -2.72. The Hall–Kier alpha value is -1.11. The van der Waals surface area contributed by atoms with Gasteiger partial charge in [-0.3, -0.25) is 4.90 Å². The quantitative estimate of drug-likeness (QED) is 0.928. The predicted octanol–water partition coefficient (Wildman–Crippen LogP) is 2.79. The largest absolute Gasteiger partial charge is 0.586 e. The van der Waals surface area contributed by atoms with Crippen LogP contribution in [-0.4, -0.2) is 37.4 Å². The summed E-state index contributed by atoms with van der Waals surface area (Å²) in [7, 11) is 0. The van der Waals surface area contributed by atoms with Crippen molar-refractivity contribution < 1.29 is 18.3 Å². The molecule has 2 aliphatic heterocycles. The van der Waals surface area contributed by atoms with Gasteiger partial charge in [-0.05, 0) is 12.5 Å². The van der Waals surface area contributed by atoms with Crippen LogP contribution in [0.1, 0.15) is 24.9 Å². The molecular formula is C14H19ClF2N2O2. The number of rotatable bonds is 3. The third-order valence-electron chi connectivity index (χ3n) is 3.80. The summed E-state index contributed by atoms with van der Waals surface area (Å²) in [5, 5.41) is 3.29. The number of piperazine rings is 1. The number of fused-ring (bicyclic) bond motifs is 1. The maximum absolute atomic E-state index is 13.3. The van der Waals surface area contributed by atoms with Gasteiger partial charge in [0.1, 0.15) is 0 Å². The second-order valence-electron chi connectivity index (χ2n) is 5.05. The van der Waals surface area contributed by atoms with Crippen LogP contribution in [0.15, 0.2) is 18.2 Å². The highest BCUT2D eigenvalue weighted by atomic mass is 35.5. The average Bonchev–Trinajstić information content (AvgIpc) is 2.75. The third-order valence-corrected chi connectivity index (χ3v) is 3.80. The summed E-state index contributed by atoms with van der Waals surface area (Å²) >= 11 is 0. The Morgan fingerprint density at radius 1 is 1.29 bits per heavy atom. The first-order chi connectivity index (χ1) is 9.61. The molecule has 0 amide bonds. The van der Waals surface area contributed by atoms with Crippen molar-refractivity contribution in [2.75, 3.05) is 26.2 Å². The van der Waals surface area contributed by atoms with Gasteiger partial charge in [0, 0.05) is 37.8 Å². The van der Waals surface area contributed by atoms with Crippen LogP contribution in [0, 0.1) is 0 Å². The van der Waals surface area contributed by atoms with Crippen molar-refractivity contribution in [1.82, 2.24) is 10.2 Å². The van der Waals surface area contributed by atoms with E-state index in [1.165, 1.54) is 6.07 Å². The van der Waals surface area contributed by atoms with Gasteiger partial charge < -0.3 is 14.8 Å². The normalized spacial score (nSPS) is 21.7. The van der Waals surface area contributed by atoms with Gasteiger partial charge in [0.2, 0.25) is 0 Å². The number of ether oxygens (including phenoxy) is 2. The standard InChI is InChI=1S/C14H18F2N2O2.ClH/c1-2-11(18-8-6-17-7-9-18)10-4-3-5-12-13(10)20-14(15,16)19-12;/h3-5,11,17H,2,6-9H2,1H3;1H/t11-;/m1./s1. The lowest BCUT2D eigenvalue weighted by Gasteiger charge is -2.35. The fourth-order valence-corrected chi connectivity index (χ4v) is 2.92. The van der Waals surface area contributed by atoms with E-state index in [1.807, 2.05) is 6.07 Å².